The second-order valence-electron chi connectivity index (χ2n) is 13.9. The molecule has 0 radical (unpaired) electrons. The van der Waals surface area contributed by atoms with Crippen molar-refractivity contribution in [2.24, 2.45) is 22.7 Å². The highest BCUT2D eigenvalue weighted by Gasteiger charge is 2.88. The Morgan fingerprint density at radius 1 is 1.12 bits per heavy atom. The molecule has 11 heteroatoms. The standard InChI is InChI=1S/C30H38O11/c1-13-7-20(36-4)30(35)25(38-13)39-17-9-15-10-19-29(41-19)23(26(15,2)11-18(17)40-30)22(32)24(33)27(3)16(5-6-28(27,29)34)14-8-21(31)37-12-14/h8-9,13,16-20,22-23,25,32,34-35H,5-7,10-12H2,1-4H3/t13-,16+,17-,18-,19+,20-,22+,23+,25+,26+,27+,28-,29+,30+/m1/s1. The van der Waals surface area contributed by atoms with Gasteiger partial charge >= 0.3 is 5.97 Å². The maximum atomic E-state index is 14.3. The van der Waals surface area contributed by atoms with Gasteiger partial charge in [-0.05, 0) is 56.4 Å². The molecule has 0 bridgehead atoms. The fraction of sp³-hybridized carbons (Fsp3) is 0.800. The van der Waals surface area contributed by atoms with Crippen molar-refractivity contribution in [2.45, 2.75) is 113 Å². The number of ketones is 1. The van der Waals surface area contributed by atoms with Crippen LogP contribution in [0, 0.1) is 22.7 Å². The second kappa shape index (κ2) is 8.06. The van der Waals surface area contributed by atoms with E-state index in [9.17, 15) is 24.9 Å². The molecular formula is C30H38O11. The van der Waals surface area contributed by atoms with Crippen LogP contribution in [0.4, 0.5) is 0 Å². The third-order valence-electron chi connectivity index (χ3n) is 12.2. The van der Waals surface area contributed by atoms with Crippen molar-refractivity contribution in [3.05, 3.63) is 23.3 Å². The average Bonchev–Trinajstić information content (AvgIpc) is 3.36. The van der Waals surface area contributed by atoms with E-state index >= 15 is 0 Å². The van der Waals surface area contributed by atoms with Crippen LogP contribution in [0.25, 0.3) is 0 Å². The van der Waals surface area contributed by atoms with Gasteiger partial charge < -0.3 is 43.7 Å². The number of aliphatic hydroxyl groups is 3. The zero-order valence-electron chi connectivity index (χ0n) is 23.7. The van der Waals surface area contributed by atoms with E-state index < -0.39 is 82.1 Å². The van der Waals surface area contributed by atoms with Crippen LogP contribution in [0.2, 0.25) is 0 Å². The normalized spacial score (nSPS) is 58.6. The monoisotopic (exact) mass is 574 g/mol. The number of hydrogen-bond donors (Lipinski definition) is 3. The summed E-state index contributed by atoms with van der Waals surface area (Å²) in [7, 11) is 1.52. The first kappa shape index (κ1) is 26.9. The first-order valence-electron chi connectivity index (χ1n) is 14.8. The first-order valence-corrected chi connectivity index (χ1v) is 14.8. The summed E-state index contributed by atoms with van der Waals surface area (Å²) in [6.07, 6.45) is 0.648. The van der Waals surface area contributed by atoms with Gasteiger partial charge in [0.15, 0.2) is 5.78 Å². The highest BCUT2D eigenvalue weighted by molar-refractivity contribution is 5.94. The Morgan fingerprint density at radius 3 is 2.61 bits per heavy atom. The van der Waals surface area contributed by atoms with Gasteiger partial charge in [-0.15, -0.1) is 0 Å². The number of aliphatic hydroxyl groups excluding tert-OH is 1. The summed E-state index contributed by atoms with van der Waals surface area (Å²) in [4.78, 5) is 26.2. The van der Waals surface area contributed by atoms with Crippen molar-refractivity contribution in [1.29, 1.82) is 0 Å². The molecule has 8 rings (SSSR count). The van der Waals surface area contributed by atoms with E-state index in [4.69, 9.17) is 28.4 Å². The lowest BCUT2D eigenvalue weighted by Crippen LogP contribution is -2.75. The molecular weight excluding hydrogens is 536 g/mol. The van der Waals surface area contributed by atoms with Crippen LogP contribution in [0.3, 0.4) is 0 Å². The van der Waals surface area contributed by atoms with Gasteiger partial charge in [0.05, 0.1) is 23.7 Å². The maximum Gasteiger partial charge on any atom is 0.331 e. The van der Waals surface area contributed by atoms with E-state index in [-0.39, 0.29) is 18.8 Å². The number of carbonyl (C=O) groups is 2. The zero-order valence-corrected chi connectivity index (χ0v) is 23.7. The zero-order chi connectivity index (χ0) is 28.9. The smallest absolute Gasteiger partial charge is 0.331 e. The first-order chi connectivity index (χ1) is 19.3. The van der Waals surface area contributed by atoms with E-state index in [1.54, 1.807) is 6.92 Å². The van der Waals surface area contributed by atoms with Crippen molar-refractivity contribution in [3.63, 3.8) is 0 Å². The summed E-state index contributed by atoms with van der Waals surface area (Å²) in [5, 5.41) is 36.1. The van der Waals surface area contributed by atoms with Gasteiger partial charge in [0.2, 0.25) is 12.1 Å². The largest absolute Gasteiger partial charge is 0.458 e. The lowest BCUT2D eigenvalue weighted by Gasteiger charge is -2.62. The molecule has 3 N–H and O–H groups in total. The fourth-order valence-electron chi connectivity index (χ4n) is 10.2. The second-order valence-corrected chi connectivity index (χ2v) is 13.9. The number of Topliss-reactive ketones (excluding diaryl/α,β-unsaturated/α-hetero) is 1. The Kier molecular flexibility index (Phi) is 5.29. The van der Waals surface area contributed by atoms with Gasteiger partial charge in [-0.25, -0.2) is 4.79 Å². The minimum atomic E-state index is -1.82. The number of cyclic esters (lactones) is 1. The van der Waals surface area contributed by atoms with E-state index in [1.807, 2.05) is 19.9 Å². The van der Waals surface area contributed by atoms with Crippen LogP contribution in [0.1, 0.15) is 52.9 Å². The molecule has 1 spiro atoms. The molecule has 0 amide bonds. The maximum absolute atomic E-state index is 14.3. The fourth-order valence-corrected chi connectivity index (χ4v) is 10.2. The summed E-state index contributed by atoms with van der Waals surface area (Å²) < 4.78 is 35.8. The Balaban J connectivity index is 1.18. The number of methoxy groups -OCH3 is 1. The Labute approximate surface area is 237 Å². The molecule has 0 aromatic rings. The average molecular weight is 575 g/mol. The lowest BCUT2D eigenvalue weighted by atomic mass is 9.43. The molecule has 41 heavy (non-hydrogen) atoms. The molecule has 0 unspecified atom stereocenters. The van der Waals surface area contributed by atoms with Gasteiger partial charge in [0.25, 0.3) is 0 Å². The van der Waals surface area contributed by atoms with Crippen LogP contribution < -0.4 is 0 Å². The lowest BCUT2D eigenvalue weighted by molar-refractivity contribution is -0.450. The van der Waals surface area contributed by atoms with Crippen LogP contribution in [0.15, 0.2) is 23.3 Å². The molecule has 3 saturated heterocycles. The highest BCUT2D eigenvalue weighted by atomic mass is 16.8. The molecule has 224 valence electrons. The van der Waals surface area contributed by atoms with E-state index in [0.717, 1.165) is 5.57 Å². The van der Waals surface area contributed by atoms with Gasteiger partial charge in [0, 0.05) is 25.5 Å². The molecule has 14 atom stereocenters. The Morgan fingerprint density at radius 2 is 1.90 bits per heavy atom. The van der Waals surface area contributed by atoms with Crippen molar-refractivity contribution >= 4 is 11.8 Å². The number of carbonyl (C=O) groups excluding carboxylic acids is 2. The van der Waals surface area contributed by atoms with Crippen molar-refractivity contribution in [1.82, 2.24) is 0 Å². The third kappa shape index (κ3) is 2.97. The number of esters is 1. The molecule has 4 heterocycles. The summed E-state index contributed by atoms with van der Waals surface area (Å²) in [6, 6.07) is 0. The summed E-state index contributed by atoms with van der Waals surface area (Å²) in [5.41, 5.74) is -3.16. The molecule has 0 aromatic carbocycles. The van der Waals surface area contributed by atoms with Crippen molar-refractivity contribution < 1.29 is 53.3 Å². The quantitative estimate of drug-likeness (QED) is 0.242. The van der Waals surface area contributed by atoms with E-state index in [2.05, 4.69) is 0 Å². The number of epoxide rings is 1. The predicted octanol–water partition coefficient (Wildman–Crippen LogP) is 0.677. The van der Waals surface area contributed by atoms with Crippen LogP contribution in [-0.4, -0.2) is 101 Å². The molecule has 4 aliphatic carbocycles. The molecule has 6 fully saturated rings. The number of ether oxygens (including phenoxy) is 6. The number of fused-ring (bicyclic) bond motifs is 5. The van der Waals surface area contributed by atoms with Crippen molar-refractivity contribution in [2.75, 3.05) is 13.7 Å². The minimum absolute atomic E-state index is 0.0825. The summed E-state index contributed by atoms with van der Waals surface area (Å²) in [6.45, 7) is 5.69. The van der Waals surface area contributed by atoms with Crippen LogP contribution in [0.5, 0.6) is 0 Å². The van der Waals surface area contributed by atoms with Crippen molar-refractivity contribution in [3.8, 4) is 0 Å². The number of rotatable bonds is 2. The Bertz CT molecular complexity index is 1290. The van der Waals surface area contributed by atoms with E-state index in [1.165, 1.54) is 13.2 Å². The third-order valence-corrected chi connectivity index (χ3v) is 12.2. The minimum Gasteiger partial charge on any atom is -0.458 e. The molecule has 8 aliphatic rings. The van der Waals surface area contributed by atoms with Crippen LogP contribution >= 0.6 is 0 Å². The van der Waals surface area contributed by atoms with Crippen LogP contribution in [-0.2, 0) is 38.0 Å². The van der Waals surface area contributed by atoms with Gasteiger partial charge in [0.1, 0.15) is 36.1 Å². The topological polar surface area (TPSA) is 154 Å². The summed E-state index contributed by atoms with van der Waals surface area (Å²) in [5.74, 6) is -3.89. The molecule has 0 aromatic heterocycles. The van der Waals surface area contributed by atoms with E-state index in [0.29, 0.717) is 37.7 Å². The van der Waals surface area contributed by atoms with Gasteiger partial charge in [-0.1, -0.05) is 18.6 Å². The van der Waals surface area contributed by atoms with Gasteiger partial charge in [-0.3, -0.25) is 4.79 Å². The molecule has 4 aliphatic heterocycles. The number of hydrogen-bond acceptors (Lipinski definition) is 11. The SMILES string of the molecule is CO[C@@H]1C[C@@H](C)O[C@H]2O[C@@H]3C=C4C[C@@H]5O[C@]56[C@@H]([C@H](O)C(=O)[C@]5(C)[C@H](C7=CC(=O)OC7)CC[C@]65O)[C@@]4(C)C[C@H]3O[C@]21O. The Hall–Kier alpha value is -1.70. The molecule has 3 saturated carbocycles. The predicted molar refractivity (Wildman–Crippen MR) is 137 cm³/mol. The highest BCUT2D eigenvalue weighted by Crippen LogP contribution is 2.76. The molecule has 11 nitrogen and oxygen atoms in total. The summed E-state index contributed by atoms with van der Waals surface area (Å²) >= 11 is 0. The van der Waals surface area contributed by atoms with Gasteiger partial charge in [-0.2, -0.15) is 0 Å².